The van der Waals surface area contributed by atoms with Crippen LogP contribution in [-0.4, -0.2) is 59.3 Å². The van der Waals surface area contributed by atoms with Gasteiger partial charge in [0, 0.05) is 31.1 Å². The zero-order chi connectivity index (χ0) is 23.2. The van der Waals surface area contributed by atoms with E-state index in [0.29, 0.717) is 36.7 Å². The van der Waals surface area contributed by atoms with Crippen molar-refractivity contribution in [3.05, 3.63) is 48.5 Å². The number of carbonyl (C=O) groups is 2. The molecule has 0 bridgehead atoms. The zero-order valence-electron chi connectivity index (χ0n) is 18.2. The molecule has 0 saturated carbocycles. The number of hydrogen-bond donors (Lipinski definition) is 2. The Morgan fingerprint density at radius 3 is 2.58 bits per heavy atom. The van der Waals surface area contributed by atoms with Crippen molar-refractivity contribution in [2.75, 3.05) is 38.2 Å². The van der Waals surface area contributed by atoms with Gasteiger partial charge in [-0.1, -0.05) is 18.2 Å². The second kappa shape index (κ2) is 10.2. The first-order valence-corrected chi connectivity index (χ1v) is 10.6. The molecule has 0 spiro atoms. The van der Waals surface area contributed by atoms with E-state index in [0.717, 1.165) is 18.6 Å². The van der Waals surface area contributed by atoms with E-state index < -0.39 is 5.91 Å². The number of nitrogens with zero attached hydrogens (tertiary/aromatic N) is 4. The van der Waals surface area contributed by atoms with E-state index in [9.17, 15) is 14.7 Å². The number of rotatable bonds is 7. The van der Waals surface area contributed by atoms with Gasteiger partial charge in [0.25, 0.3) is 0 Å². The number of carbonyl (C=O) groups excluding carboxylic acids is 2. The smallest absolute Gasteiger partial charge is 0.302 e. The maximum atomic E-state index is 12.2. The van der Waals surface area contributed by atoms with Crippen molar-refractivity contribution in [2.45, 2.75) is 13.6 Å². The average molecular weight is 451 g/mol. The molecule has 2 N–H and O–H groups in total. The number of azo groups is 1. The Bertz CT molecular complexity index is 1170. The number of nitrogens with one attached hydrogen (secondary N) is 1. The second-order valence-electron chi connectivity index (χ2n) is 7.58. The summed E-state index contributed by atoms with van der Waals surface area (Å²) in [7, 11) is 0. The number of amides is 2. The third kappa shape index (κ3) is 5.54. The lowest BCUT2D eigenvalue weighted by Crippen LogP contribution is -2.37. The average Bonchev–Trinajstić information content (AvgIpc) is 3.08. The third-order valence-corrected chi connectivity index (χ3v) is 5.16. The van der Waals surface area contributed by atoms with Gasteiger partial charge in [-0.05, 0) is 30.3 Å². The number of anilines is 1. The zero-order valence-corrected chi connectivity index (χ0v) is 18.2. The summed E-state index contributed by atoms with van der Waals surface area (Å²) < 4.78 is 12.6. The summed E-state index contributed by atoms with van der Waals surface area (Å²) in [6.07, 6.45) is 0. The van der Waals surface area contributed by atoms with Gasteiger partial charge in [-0.15, -0.1) is 10.2 Å². The molecule has 10 nitrogen and oxygen atoms in total. The Labute approximate surface area is 190 Å². The summed E-state index contributed by atoms with van der Waals surface area (Å²) in [5, 5.41) is 22.0. The minimum Gasteiger partial charge on any atom is -0.493 e. The summed E-state index contributed by atoms with van der Waals surface area (Å²) in [4.78, 5) is 25.5. The van der Waals surface area contributed by atoms with Gasteiger partial charge >= 0.3 is 5.91 Å². The molecule has 1 saturated heterocycles. The van der Waals surface area contributed by atoms with Gasteiger partial charge in [0.2, 0.25) is 11.8 Å². The van der Waals surface area contributed by atoms with Gasteiger partial charge in [-0.3, -0.25) is 19.1 Å². The molecule has 1 aliphatic rings. The fourth-order valence-corrected chi connectivity index (χ4v) is 3.57. The molecule has 3 aromatic rings. The van der Waals surface area contributed by atoms with Gasteiger partial charge in [0.05, 0.1) is 25.4 Å². The summed E-state index contributed by atoms with van der Waals surface area (Å²) in [6, 6.07) is 14.1. The van der Waals surface area contributed by atoms with Crippen molar-refractivity contribution in [3.63, 3.8) is 0 Å². The van der Waals surface area contributed by atoms with E-state index in [4.69, 9.17) is 9.47 Å². The van der Waals surface area contributed by atoms with Crippen molar-refractivity contribution >= 4 is 34.1 Å². The monoisotopic (exact) mass is 451 g/mol. The Morgan fingerprint density at radius 1 is 1.12 bits per heavy atom. The van der Waals surface area contributed by atoms with Crippen LogP contribution < -0.4 is 10.1 Å². The molecular weight excluding hydrogens is 426 g/mol. The molecule has 0 radical (unpaired) electrons. The predicted molar refractivity (Wildman–Crippen MR) is 122 cm³/mol. The van der Waals surface area contributed by atoms with E-state index in [1.807, 2.05) is 24.3 Å². The van der Waals surface area contributed by atoms with Crippen molar-refractivity contribution in [1.29, 1.82) is 0 Å². The lowest BCUT2D eigenvalue weighted by Gasteiger charge is -2.27. The fraction of sp³-hybridized carbons (Fsp3) is 0.304. The molecule has 0 aliphatic carbocycles. The van der Waals surface area contributed by atoms with E-state index >= 15 is 0 Å². The Kier molecular flexibility index (Phi) is 6.96. The van der Waals surface area contributed by atoms with Crippen LogP contribution in [0.5, 0.6) is 11.6 Å². The molecule has 172 valence electrons. The Hall–Kier alpha value is -3.76. The summed E-state index contributed by atoms with van der Waals surface area (Å²) in [6.45, 7) is 4.43. The maximum Gasteiger partial charge on any atom is 0.302 e. The Balaban J connectivity index is 1.44. The minimum atomic E-state index is -0.592. The van der Waals surface area contributed by atoms with Crippen molar-refractivity contribution in [3.8, 4) is 11.6 Å². The van der Waals surface area contributed by atoms with Crippen molar-refractivity contribution in [1.82, 2.24) is 9.47 Å². The van der Waals surface area contributed by atoms with E-state index in [2.05, 4.69) is 20.4 Å². The molecule has 2 aromatic carbocycles. The van der Waals surface area contributed by atoms with Crippen LogP contribution in [0, 0.1) is 0 Å². The lowest BCUT2D eigenvalue weighted by atomic mass is 10.2. The van der Waals surface area contributed by atoms with E-state index in [-0.39, 0.29) is 24.1 Å². The standard InChI is InChI=1S/C23H25N5O5/c1-16(29)24-17-6-8-18(9-7-17)33-14-21(30)25-26-22-19-4-2-3-5-20(19)28(23(22)31)15-27-10-12-32-13-11-27/h2-9,31H,10-15H2,1H3,(H,24,29). The van der Waals surface area contributed by atoms with Crippen LogP contribution in [0.4, 0.5) is 11.4 Å². The third-order valence-electron chi connectivity index (χ3n) is 5.16. The molecule has 1 aromatic heterocycles. The first kappa shape index (κ1) is 22.4. The number of morpholine rings is 1. The van der Waals surface area contributed by atoms with Crippen LogP contribution in [0.15, 0.2) is 58.8 Å². The van der Waals surface area contributed by atoms with Crippen LogP contribution in [-0.2, 0) is 21.0 Å². The lowest BCUT2D eigenvalue weighted by molar-refractivity contribution is -0.120. The second-order valence-corrected chi connectivity index (χ2v) is 7.58. The molecule has 2 heterocycles. The van der Waals surface area contributed by atoms with Crippen molar-refractivity contribution < 1.29 is 24.2 Å². The number of aromatic hydroxyl groups is 1. The molecule has 0 unspecified atom stereocenters. The topological polar surface area (TPSA) is 118 Å². The first-order chi connectivity index (χ1) is 16.0. The highest BCUT2D eigenvalue weighted by atomic mass is 16.5. The van der Waals surface area contributed by atoms with E-state index in [1.165, 1.54) is 6.92 Å². The Morgan fingerprint density at radius 2 is 1.85 bits per heavy atom. The van der Waals surface area contributed by atoms with Gasteiger partial charge in [-0.25, -0.2) is 0 Å². The van der Waals surface area contributed by atoms with Crippen LogP contribution in [0.2, 0.25) is 0 Å². The highest BCUT2D eigenvalue weighted by Crippen LogP contribution is 2.39. The van der Waals surface area contributed by atoms with Crippen molar-refractivity contribution in [2.24, 2.45) is 10.2 Å². The number of aromatic nitrogens is 1. The molecule has 10 heteroatoms. The molecule has 4 rings (SSSR count). The predicted octanol–water partition coefficient (Wildman–Crippen LogP) is 3.28. The molecule has 1 aliphatic heterocycles. The molecule has 1 fully saturated rings. The summed E-state index contributed by atoms with van der Waals surface area (Å²) in [5.74, 6) is -0.356. The summed E-state index contributed by atoms with van der Waals surface area (Å²) >= 11 is 0. The van der Waals surface area contributed by atoms with Crippen LogP contribution in [0.1, 0.15) is 6.92 Å². The molecule has 2 amide bonds. The quantitative estimate of drug-likeness (QED) is 0.532. The van der Waals surface area contributed by atoms with Gasteiger partial charge < -0.3 is 19.9 Å². The van der Waals surface area contributed by atoms with Gasteiger partial charge in [0.15, 0.2) is 12.3 Å². The SMILES string of the molecule is CC(=O)Nc1ccc(OCC(=O)N=Nc2c(O)n(CN3CCOCC3)c3ccccc23)cc1. The number of ether oxygens (including phenoxy) is 2. The van der Waals surface area contributed by atoms with E-state index in [1.54, 1.807) is 28.8 Å². The molecule has 0 atom stereocenters. The number of fused-ring (bicyclic) bond motifs is 1. The van der Waals surface area contributed by atoms with Crippen LogP contribution >= 0.6 is 0 Å². The highest BCUT2D eigenvalue weighted by Gasteiger charge is 2.20. The highest BCUT2D eigenvalue weighted by molar-refractivity contribution is 5.95. The van der Waals surface area contributed by atoms with Gasteiger partial charge in [0.1, 0.15) is 5.75 Å². The number of para-hydroxylation sites is 1. The maximum absolute atomic E-state index is 12.2. The van der Waals surface area contributed by atoms with Crippen LogP contribution in [0.3, 0.4) is 0 Å². The molecule has 33 heavy (non-hydrogen) atoms. The molecular formula is C23H25N5O5. The number of hydrogen-bond acceptors (Lipinski definition) is 7. The first-order valence-electron chi connectivity index (χ1n) is 10.6. The minimum absolute atomic E-state index is 0.0475. The fourth-order valence-electron chi connectivity index (χ4n) is 3.57. The normalized spacial score (nSPS) is 14.6. The van der Waals surface area contributed by atoms with Gasteiger partial charge in [-0.2, -0.15) is 0 Å². The number of benzene rings is 2. The van der Waals surface area contributed by atoms with Crippen LogP contribution in [0.25, 0.3) is 10.9 Å². The summed E-state index contributed by atoms with van der Waals surface area (Å²) in [5.41, 5.74) is 1.68. The largest absolute Gasteiger partial charge is 0.493 e.